The van der Waals surface area contributed by atoms with Crippen LogP contribution in [0.25, 0.3) is 0 Å². The summed E-state index contributed by atoms with van der Waals surface area (Å²) in [6.45, 7) is 9.49. The highest BCUT2D eigenvalue weighted by Crippen LogP contribution is 2.27. The highest BCUT2D eigenvalue weighted by molar-refractivity contribution is 5.20. The lowest BCUT2D eigenvalue weighted by atomic mass is 9.94. The normalized spacial score (nSPS) is 22.4. The van der Waals surface area contributed by atoms with Crippen molar-refractivity contribution in [2.75, 3.05) is 26.7 Å². The van der Waals surface area contributed by atoms with Crippen LogP contribution in [-0.4, -0.2) is 43.3 Å². The fourth-order valence-electron chi connectivity index (χ4n) is 3.28. The molecule has 1 aromatic carbocycles. The predicted octanol–water partition coefficient (Wildman–Crippen LogP) is 2.84. The molecule has 0 bridgehead atoms. The van der Waals surface area contributed by atoms with Crippen molar-refractivity contribution in [3.8, 4) is 0 Å². The Morgan fingerprint density at radius 3 is 2.55 bits per heavy atom. The van der Waals surface area contributed by atoms with Gasteiger partial charge in [-0.05, 0) is 32.9 Å². The number of benzene rings is 1. The second kappa shape index (κ2) is 6.70. The van der Waals surface area contributed by atoms with Gasteiger partial charge in [0.25, 0.3) is 0 Å². The molecule has 20 heavy (non-hydrogen) atoms. The van der Waals surface area contributed by atoms with Crippen LogP contribution in [0.2, 0.25) is 0 Å². The molecule has 3 nitrogen and oxygen atoms in total. The molecular weight excluding hydrogens is 248 g/mol. The molecule has 0 amide bonds. The molecule has 2 atom stereocenters. The van der Waals surface area contributed by atoms with Crippen LogP contribution in [0.5, 0.6) is 0 Å². The topological polar surface area (TPSA) is 24.5 Å². The van der Waals surface area contributed by atoms with Crippen LogP contribution in [0.4, 0.5) is 0 Å². The molecule has 1 heterocycles. The summed E-state index contributed by atoms with van der Waals surface area (Å²) in [6.07, 6.45) is 1.14. The number of hydrogen-bond acceptors (Lipinski definition) is 3. The zero-order valence-electron chi connectivity index (χ0n) is 13.2. The summed E-state index contributed by atoms with van der Waals surface area (Å²) < 4.78 is 5.85. The molecule has 0 spiro atoms. The summed E-state index contributed by atoms with van der Waals surface area (Å²) in [4.78, 5) is 2.58. The predicted molar refractivity (Wildman–Crippen MR) is 83.9 cm³/mol. The number of hydrogen-bond donors (Lipinski definition) is 1. The second-order valence-corrected chi connectivity index (χ2v) is 6.23. The van der Waals surface area contributed by atoms with E-state index in [-0.39, 0.29) is 5.60 Å². The maximum Gasteiger partial charge on any atom is 0.0753 e. The average molecular weight is 276 g/mol. The minimum absolute atomic E-state index is 0.0410. The number of rotatable bonds is 5. The van der Waals surface area contributed by atoms with Crippen molar-refractivity contribution in [3.05, 3.63) is 35.9 Å². The Bertz CT molecular complexity index is 405. The molecule has 1 N–H and O–H groups in total. The van der Waals surface area contributed by atoms with Gasteiger partial charge in [0.05, 0.1) is 12.2 Å². The van der Waals surface area contributed by atoms with Gasteiger partial charge in [-0.2, -0.15) is 0 Å². The van der Waals surface area contributed by atoms with Gasteiger partial charge in [-0.3, -0.25) is 4.90 Å². The Hall–Kier alpha value is -0.900. The third-order valence-electron chi connectivity index (χ3n) is 4.20. The van der Waals surface area contributed by atoms with Gasteiger partial charge in [-0.25, -0.2) is 0 Å². The molecule has 0 saturated carbocycles. The number of ether oxygens (including phenoxy) is 1. The van der Waals surface area contributed by atoms with Gasteiger partial charge in [-0.1, -0.05) is 37.3 Å². The summed E-state index contributed by atoms with van der Waals surface area (Å²) in [5.41, 5.74) is 1.33. The van der Waals surface area contributed by atoms with Crippen molar-refractivity contribution in [1.29, 1.82) is 0 Å². The van der Waals surface area contributed by atoms with Gasteiger partial charge in [0.2, 0.25) is 0 Å². The summed E-state index contributed by atoms with van der Waals surface area (Å²) in [7, 11) is 2.06. The Labute approximate surface area is 123 Å². The van der Waals surface area contributed by atoms with E-state index in [9.17, 15) is 0 Å². The van der Waals surface area contributed by atoms with Gasteiger partial charge in [-0.15, -0.1) is 0 Å². The van der Waals surface area contributed by atoms with E-state index in [4.69, 9.17) is 4.74 Å². The lowest BCUT2D eigenvalue weighted by Gasteiger charge is -2.44. The molecule has 0 aromatic heterocycles. The van der Waals surface area contributed by atoms with Gasteiger partial charge < -0.3 is 10.1 Å². The van der Waals surface area contributed by atoms with E-state index in [2.05, 4.69) is 68.4 Å². The van der Waals surface area contributed by atoms with Crippen LogP contribution in [0, 0.1) is 0 Å². The lowest BCUT2D eigenvalue weighted by molar-refractivity contribution is -0.101. The monoisotopic (exact) mass is 276 g/mol. The molecule has 0 aliphatic carbocycles. The fourth-order valence-corrected chi connectivity index (χ4v) is 3.28. The summed E-state index contributed by atoms with van der Waals surface area (Å²) >= 11 is 0. The van der Waals surface area contributed by atoms with Gasteiger partial charge >= 0.3 is 0 Å². The highest BCUT2D eigenvalue weighted by atomic mass is 16.5. The van der Waals surface area contributed by atoms with Crippen molar-refractivity contribution in [1.82, 2.24) is 10.2 Å². The van der Waals surface area contributed by atoms with Gasteiger partial charge in [0, 0.05) is 25.2 Å². The standard InChI is InChI=1S/C17H28N2O/c1-5-15(19-11-12-20-17(2,3)13-19)16(18-4)14-9-7-6-8-10-14/h6-10,15-16,18H,5,11-13H2,1-4H3. The first kappa shape index (κ1) is 15.5. The van der Waals surface area contributed by atoms with Crippen LogP contribution in [0.15, 0.2) is 30.3 Å². The minimum Gasteiger partial charge on any atom is -0.373 e. The SMILES string of the molecule is CCC(C(NC)c1ccccc1)N1CCOC(C)(C)C1. The zero-order chi connectivity index (χ0) is 14.6. The molecule has 1 aromatic rings. The third-order valence-corrected chi connectivity index (χ3v) is 4.20. The second-order valence-electron chi connectivity index (χ2n) is 6.23. The van der Waals surface area contributed by atoms with E-state index >= 15 is 0 Å². The lowest BCUT2D eigenvalue weighted by Crippen LogP contribution is -2.54. The van der Waals surface area contributed by atoms with Crippen molar-refractivity contribution in [2.24, 2.45) is 0 Å². The molecule has 1 fully saturated rings. The average Bonchev–Trinajstić information content (AvgIpc) is 2.44. The first-order valence-electron chi connectivity index (χ1n) is 7.67. The maximum atomic E-state index is 5.85. The van der Waals surface area contributed by atoms with E-state index in [0.717, 1.165) is 26.1 Å². The fraction of sp³-hybridized carbons (Fsp3) is 0.647. The van der Waals surface area contributed by atoms with Gasteiger partial charge in [0.1, 0.15) is 0 Å². The van der Waals surface area contributed by atoms with Crippen molar-refractivity contribution in [3.63, 3.8) is 0 Å². The van der Waals surface area contributed by atoms with E-state index < -0.39 is 0 Å². The van der Waals surface area contributed by atoms with Crippen molar-refractivity contribution < 1.29 is 4.74 Å². The maximum absolute atomic E-state index is 5.85. The number of nitrogens with one attached hydrogen (secondary N) is 1. The van der Waals surface area contributed by atoms with Gasteiger partial charge in [0.15, 0.2) is 0 Å². The van der Waals surface area contributed by atoms with Crippen molar-refractivity contribution in [2.45, 2.75) is 44.9 Å². The van der Waals surface area contributed by atoms with E-state index in [1.807, 2.05) is 0 Å². The molecule has 1 aliphatic heterocycles. The molecule has 1 aliphatic rings. The highest BCUT2D eigenvalue weighted by Gasteiger charge is 2.34. The molecular formula is C17H28N2O. The molecule has 2 rings (SSSR count). The third kappa shape index (κ3) is 3.60. The summed E-state index contributed by atoms with van der Waals surface area (Å²) in [6, 6.07) is 11.6. The first-order valence-corrected chi connectivity index (χ1v) is 7.67. The molecule has 2 unspecified atom stereocenters. The van der Waals surface area contributed by atoms with Crippen LogP contribution in [0.1, 0.15) is 38.8 Å². The summed E-state index contributed by atoms with van der Waals surface area (Å²) in [5.74, 6) is 0. The Balaban J connectivity index is 2.17. The largest absolute Gasteiger partial charge is 0.373 e. The van der Waals surface area contributed by atoms with E-state index in [1.54, 1.807) is 0 Å². The quantitative estimate of drug-likeness (QED) is 0.895. The number of morpholine rings is 1. The minimum atomic E-state index is -0.0410. The van der Waals surface area contributed by atoms with Crippen LogP contribution >= 0.6 is 0 Å². The Morgan fingerprint density at radius 1 is 1.30 bits per heavy atom. The van der Waals surface area contributed by atoms with Crippen LogP contribution in [0.3, 0.4) is 0 Å². The zero-order valence-corrected chi connectivity index (χ0v) is 13.2. The Morgan fingerprint density at radius 2 is 2.00 bits per heavy atom. The molecule has 0 radical (unpaired) electrons. The van der Waals surface area contributed by atoms with Crippen LogP contribution < -0.4 is 5.32 Å². The van der Waals surface area contributed by atoms with E-state index in [1.165, 1.54) is 5.56 Å². The van der Waals surface area contributed by atoms with E-state index in [0.29, 0.717) is 12.1 Å². The molecule has 1 saturated heterocycles. The number of nitrogens with zero attached hydrogens (tertiary/aromatic N) is 1. The van der Waals surface area contributed by atoms with Crippen LogP contribution in [-0.2, 0) is 4.74 Å². The summed E-state index contributed by atoms with van der Waals surface area (Å²) in [5, 5.41) is 3.51. The first-order chi connectivity index (χ1) is 9.57. The number of likely N-dealkylation sites (N-methyl/N-ethyl adjacent to an activating group) is 1. The smallest absolute Gasteiger partial charge is 0.0753 e. The van der Waals surface area contributed by atoms with Crippen molar-refractivity contribution >= 4 is 0 Å². The molecule has 3 heteroatoms. The Kier molecular flexibility index (Phi) is 5.19. The molecule has 112 valence electrons.